The van der Waals surface area contributed by atoms with Gasteiger partial charge in [0.15, 0.2) is 6.10 Å². The number of hydrogen-bond donors (Lipinski definition) is 0. The van der Waals surface area contributed by atoms with Gasteiger partial charge in [0, 0.05) is 19.3 Å². The number of esters is 3. The summed E-state index contributed by atoms with van der Waals surface area (Å²) in [6.45, 7) is 11.4. The van der Waals surface area contributed by atoms with Crippen molar-refractivity contribution in [3.8, 4) is 0 Å². The summed E-state index contributed by atoms with van der Waals surface area (Å²) in [6.07, 6.45) is 46.5. The zero-order valence-electron chi connectivity index (χ0n) is 40.4. The lowest BCUT2D eigenvalue weighted by atomic mass is 9.99. The molecule has 0 bridgehead atoms. The van der Waals surface area contributed by atoms with E-state index < -0.39 is 6.10 Å². The molecule has 6 heteroatoms. The Morgan fingerprint density at radius 2 is 0.644 bits per heavy atom. The van der Waals surface area contributed by atoms with Crippen molar-refractivity contribution in [2.45, 2.75) is 298 Å². The monoisotopic (exact) mass is 835 g/mol. The summed E-state index contributed by atoms with van der Waals surface area (Å²) in [5, 5.41) is 0. The van der Waals surface area contributed by atoms with Crippen LogP contribution in [-0.2, 0) is 28.6 Å². The van der Waals surface area contributed by atoms with E-state index in [4.69, 9.17) is 14.2 Å². The normalized spacial score (nSPS) is 12.5. The molecule has 0 N–H and O–H groups in total. The van der Waals surface area contributed by atoms with Crippen molar-refractivity contribution in [2.24, 2.45) is 11.8 Å². The molecule has 0 radical (unpaired) electrons. The van der Waals surface area contributed by atoms with Crippen molar-refractivity contribution in [2.75, 3.05) is 13.2 Å². The molecule has 0 aromatic carbocycles. The van der Waals surface area contributed by atoms with E-state index in [1.807, 2.05) is 0 Å². The van der Waals surface area contributed by atoms with Gasteiger partial charge in [-0.3, -0.25) is 14.4 Å². The molecular formula is C53H102O6. The van der Waals surface area contributed by atoms with Crippen molar-refractivity contribution in [3.63, 3.8) is 0 Å². The van der Waals surface area contributed by atoms with E-state index >= 15 is 0 Å². The van der Waals surface area contributed by atoms with Gasteiger partial charge in [-0.2, -0.15) is 0 Å². The van der Waals surface area contributed by atoms with Gasteiger partial charge in [0.2, 0.25) is 0 Å². The van der Waals surface area contributed by atoms with Gasteiger partial charge in [0.05, 0.1) is 0 Å². The molecule has 0 rings (SSSR count). The third-order valence-electron chi connectivity index (χ3n) is 12.3. The summed E-state index contributed by atoms with van der Waals surface area (Å²) < 4.78 is 16.8. The second-order valence-corrected chi connectivity index (χ2v) is 18.9. The third-order valence-corrected chi connectivity index (χ3v) is 12.3. The Hall–Kier alpha value is -1.59. The van der Waals surface area contributed by atoms with Gasteiger partial charge >= 0.3 is 17.9 Å². The largest absolute Gasteiger partial charge is 0.462 e. The molecule has 1 unspecified atom stereocenters. The first kappa shape index (κ1) is 57.4. The Morgan fingerprint density at radius 1 is 0.356 bits per heavy atom. The number of carbonyl (C=O) groups excluding carboxylic acids is 3. The van der Waals surface area contributed by atoms with E-state index in [2.05, 4.69) is 34.6 Å². The van der Waals surface area contributed by atoms with Gasteiger partial charge in [-0.1, -0.05) is 253 Å². The Labute approximate surface area is 368 Å². The van der Waals surface area contributed by atoms with Crippen molar-refractivity contribution < 1.29 is 28.6 Å². The van der Waals surface area contributed by atoms with Crippen LogP contribution in [0.15, 0.2) is 0 Å². The second-order valence-electron chi connectivity index (χ2n) is 18.9. The fourth-order valence-corrected chi connectivity index (χ4v) is 7.96. The van der Waals surface area contributed by atoms with Crippen molar-refractivity contribution in [1.82, 2.24) is 0 Å². The Kier molecular flexibility index (Phi) is 44.7. The predicted molar refractivity (Wildman–Crippen MR) is 252 cm³/mol. The van der Waals surface area contributed by atoms with E-state index in [1.54, 1.807) is 0 Å². The molecule has 0 fully saturated rings. The molecule has 350 valence electrons. The lowest BCUT2D eigenvalue weighted by molar-refractivity contribution is -0.167. The quantitative estimate of drug-likeness (QED) is 0.0345. The molecule has 0 aromatic rings. The maximum atomic E-state index is 12.8. The van der Waals surface area contributed by atoms with Gasteiger partial charge in [-0.25, -0.2) is 0 Å². The van der Waals surface area contributed by atoms with Crippen LogP contribution in [0.3, 0.4) is 0 Å². The zero-order valence-corrected chi connectivity index (χ0v) is 40.4. The van der Waals surface area contributed by atoms with E-state index in [9.17, 15) is 14.4 Å². The number of unbranched alkanes of at least 4 members (excludes halogenated alkanes) is 31. The van der Waals surface area contributed by atoms with Crippen molar-refractivity contribution in [3.05, 3.63) is 0 Å². The molecule has 0 heterocycles. The standard InChI is InChI=1S/C53H102O6/c1-6-8-9-10-11-12-13-14-15-16-17-23-28-33-38-43-51(54)57-46-50(59-53(56)45-40-35-30-25-20-21-26-31-36-41-48(3)4)47-58-52(55)44-39-34-29-24-19-18-22-27-32-37-42-49(5)7-2/h48-50H,6-47H2,1-5H3/t49?,50-/m1/s1. The number of ether oxygens (including phenoxy) is 3. The Morgan fingerprint density at radius 3 is 0.966 bits per heavy atom. The highest BCUT2D eigenvalue weighted by atomic mass is 16.6. The molecular weight excluding hydrogens is 733 g/mol. The van der Waals surface area contributed by atoms with Gasteiger partial charge in [-0.15, -0.1) is 0 Å². The van der Waals surface area contributed by atoms with E-state index in [0.717, 1.165) is 69.6 Å². The van der Waals surface area contributed by atoms with Crippen LogP contribution in [0.5, 0.6) is 0 Å². The minimum atomic E-state index is -0.762. The van der Waals surface area contributed by atoms with Crippen LogP contribution in [0, 0.1) is 11.8 Å². The van der Waals surface area contributed by atoms with Crippen molar-refractivity contribution >= 4 is 17.9 Å². The molecule has 2 atom stereocenters. The molecule has 0 amide bonds. The first-order valence-electron chi connectivity index (χ1n) is 26.3. The lowest BCUT2D eigenvalue weighted by Gasteiger charge is -2.18. The fraction of sp³-hybridized carbons (Fsp3) is 0.943. The average Bonchev–Trinajstić information content (AvgIpc) is 3.22. The van der Waals surface area contributed by atoms with Gasteiger partial charge in [0.25, 0.3) is 0 Å². The average molecular weight is 835 g/mol. The summed E-state index contributed by atoms with van der Waals surface area (Å²) in [4.78, 5) is 38.0. The fourth-order valence-electron chi connectivity index (χ4n) is 7.96. The smallest absolute Gasteiger partial charge is 0.306 e. The van der Waals surface area contributed by atoms with Crippen LogP contribution in [-0.4, -0.2) is 37.2 Å². The molecule has 0 aliphatic rings. The molecule has 0 saturated heterocycles. The van der Waals surface area contributed by atoms with E-state index in [-0.39, 0.29) is 31.1 Å². The van der Waals surface area contributed by atoms with Crippen LogP contribution in [0.25, 0.3) is 0 Å². The molecule has 0 aliphatic heterocycles. The summed E-state index contributed by atoms with van der Waals surface area (Å²) in [6, 6.07) is 0. The van der Waals surface area contributed by atoms with Crippen LogP contribution < -0.4 is 0 Å². The molecule has 0 saturated carbocycles. The van der Waals surface area contributed by atoms with Crippen LogP contribution in [0.4, 0.5) is 0 Å². The lowest BCUT2D eigenvalue weighted by Crippen LogP contribution is -2.30. The van der Waals surface area contributed by atoms with Crippen LogP contribution in [0.1, 0.15) is 291 Å². The molecule has 0 aliphatic carbocycles. The Balaban J connectivity index is 4.31. The highest BCUT2D eigenvalue weighted by Crippen LogP contribution is 2.18. The molecule has 59 heavy (non-hydrogen) atoms. The highest BCUT2D eigenvalue weighted by molar-refractivity contribution is 5.71. The highest BCUT2D eigenvalue weighted by Gasteiger charge is 2.19. The maximum Gasteiger partial charge on any atom is 0.306 e. The van der Waals surface area contributed by atoms with Crippen molar-refractivity contribution in [1.29, 1.82) is 0 Å². The number of hydrogen-bond acceptors (Lipinski definition) is 6. The Bertz CT molecular complexity index is 902. The molecule has 6 nitrogen and oxygen atoms in total. The topological polar surface area (TPSA) is 78.9 Å². The molecule has 0 spiro atoms. The van der Waals surface area contributed by atoms with Crippen LogP contribution in [0.2, 0.25) is 0 Å². The maximum absolute atomic E-state index is 12.8. The van der Waals surface area contributed by atoms with Gasteiger partial charge < -0.3 is 14.2 Å². The van der Waals surface area contributed by atoms with E-state index in [1.165, 1.54) is 180 Å². The van der Waals surface area contributed by atoms with E-state index in [0.29, 0.717) is 19.3 Å². The zero-order chi connectivity index (χ0) is 43.3. The third kappa shape index (κ3) is 45.8. The first-order valence-corrected chi connectivity index (χ1v) is 26.3. The van der Waals surface area contributed by atoms with Gasteiger partial charge in [-0.05, 0) is 31.1 Å². The predicted octanol–water partition coefficient (Wildman–Crippen LogP) is 16.9. The minimum Gasteiger partial charge on any atom is -0.462 e. The summed E-state index contributed by atoms with van der Waals surface area (Å²) >= 11 is 0. The summed E-state index contributed by atoms with van der Waals surface area (Å²) in [5.41, 5.74) is 0. The summed E-state index contributed by atoms with van der Waals surface area (Å²) in [7, 11) is 0. The molecule has 0 aromatic heterocycles. The number of rotatable bonds is 47. The SMILES string of the molecule is CCCCCCCCCCCCCCCCCC(=O)OC[C@H](COC(=O)CCCCCCCCCCCCC(C)CC)OC(=O)CCCCCCCCCCCC(C)C. The van der Waals surface area contributed by atoms with Crippen LogP contribution >= 0.6 is 0 Å². The van der Waals surface area contributed by atoms with Gasteiger partial charge in [0.1, 0.15) is 13.2 Å². The summed E-state index contributed by atoms with van der Waals surface area (Å²) in [5.74, 6) is 0.827. The minimum absolute atomic E-state index is 0.0639. The number of carbonyl (C=O) groups is 3. The second kappa shape index (κ2) is 45.9. The first-order chi connectivity index (χ1) is 28.8.